The van der Waals surface area contributed by atoms with Crippen molar-refractivity contribution in [3.8, 4) is 0 Å². The van der Waals surface area contributed by atoms with E-state index in [-0.39, 0.29) is 19.8 Å². The quantitative estimate of drug-likeness (QED) is 0.424. The molecule has 0 heterocycles. The van der Waals surface area contributed by atoms with E-state index in [1.54, 1.807) is 4.90 Å². The van der Waals surface area contributed by atoms with Crippen molar-refractivity contribution in [3.63, 3.8) is 0 Å². The molecule has 14 heavy (non-hydrogen) atoms. The van der Waals surface area contributed by atoms with Crippen LogP contribution in [0.1, 0.15) is 13.3 Å². The number of hydrogen-bond donors (Lipinski definition) is 3. The van der Waals surface area contributed by atoms with Gasteiger partial charge in [0.1, 0.15) is 6.23 Å². The van der Waals surface area contributed by atoms with Gasteiger partial charge in [-0.25, -0.2) is 0 Å². The highest BCUT2D eigenvalue weighted by molar-refractivity contribution is 4.61. The van der Waals surface area contributed by atoms with Crippen LogP contribution in [0.3, 0.4) is 0 Å². The van der Waals surface area contributed by atoms with Crippen LogP contribution in [0.25, 0.3) is 0 Å². The van der Waals surface area contributed by atoms with Crippen molar-refractivity contribution in [3.05, 3.63) is 0 Å². The molecule has 0 bridgehead atoms. The Morgan fingerprint density at radius 1 is 1.14 bits per heavy atom. The van der Waals surface area contributed by atoms with E-state index in [1.807, 2.05) is 6.92 Å². The maximum absolute atomic E-state index is 9.05. The van der Waals surface area contributed by atoms with Crippen molar-refractivity contribution in [2.24, 2.45) is 0 Å². The summed E-state index contributed by atoms with van der Waals surface area (Å²) in [4.78, 5) is 1.72. The van der Waals surface area contributed by atoms with Gasteiger partial charge in [-0.15, -0.1) is 0 Å². The summed E-state index contributed by atoms with van der Waals surface area (Å²) in [6.07, 6.45) is 0.456. The number of rotatable bonds is 9. The third-order valence-electron chi connectivity index (χ3n) is 1.85. The molecule has 0 fully saturated rings. The number of hydrogen-bond acceptors (Lipinski definition) is 5. The Labute approximate surface area is 84.9 Å². The Bertz CT molecular complexity index is 117. The third kappa shape index (κ3) is 5.51. The van der Waals surface area contributed by atoms with E-state index in [0.717, 1.165) is 6.42 Å². The molecule has 5 heteroatoms. The molecule has 0 aromatic heterocycles. The Morgan fingerprint density at radius 3 is 2.07 bits per heavy atom. The highest BCUT2D eigenvalue weighted by atomic mass is 16.5. The fourth-order valence-electron chi connectivity index (χ4n) is 1.18. The molecule has 0 spiro atoms. The molecule has 5 nitrogen and oxygen atoms in total. The summed E-state index contributed by atoms with van der Waals surface area (Å²) in [6.45, 7) is 3.21. The zero-order valence-corrected chi connectivity index (χ0v) is 8.72. The van der Waals surface area contributed by atoms with Crippen LogP contribution < -0.4 is 0 Å². The van der Waals surface area contributed by atoms with Gasteiger partial charge in [0.05, 0.1) is 19.8 Å². The third-order valence-corrected chi connectivity index (χ3v) is 1.85. The van der Waals surface area contributed by atoms with E-state index in [9.17, 15) is 0 Å². The fraction of sp³-hybridized carbons (Fsp3) is 1.00. The molecule has 0 aliphatic heterocycles. The lowest BCUT2D eigenvalue weighted by atomic mass is 10.4. The SMILES string of the molecule is CCCOC(CO)N(CCO)CCO. The topological polar surface area (TPSA) is 73.2 Å². The molecule has 0 aromatic rings. The first kappa shape index (κ1) is 13.8. The maximum atomic E-state index is 9.05. The molecule has 0 aliphatic rings. The number of aliphatic hydroxyl groups excluding tert-OH is 3. The van der Waals surface area contributed by atoms with Gasteiger partial charge in [-0.05, 0) is 6.42 Å². The van der Waals surface area contributed by atoms with Crippen molar-refractivity contribution in [2.45, 2.75) is 19.6 Å². The number of aliphatic hydroxyl groups is 3. The van der Waals surface area contributed by atoms with E-state index in [1.165, 1.54) is 0 Å². The predicted molar refractivity (Wildman–Crippen MR) is 52.9 cm³/mol. The minimum atomic E-state index is -0.422. The molecule has 3 N–H and O–H groups in total. The van der Waals surface area contributed by atoms with Crippen LogP contribution in [0, 0.1) is 0 Å². The summed E-state index contributed by atoms with van der Waals surface area (Å²) in [5.41, 5.74) is 0. The average Bonchev–Trinajstić information content (AvgIpc) is 2.19. The second kappa shape index (κ2) is 9.36. The lowest BCUT2D eigenvalue weighted by Crippen LogP contribution is -2.43. The molecular weight excluding hydrogens is 186 g/mol. The summed E-state index contributed by atoms with van der Waals surface area (Å²) in [5.74, 6) is 0. The zero-order valence-electron chi connectivity index (χ0n) is 8.72. The summed E-state index contributed by atoms with van der Waals surface area (Å²) in [5, 5.41) is 26.6. The zero-order chi connectivity index (χ0) is 10.8. The average molecular weight is 207 g/mol. The van der Waals surface area contributed by atoms with Crippen LogP contribution in [-0.2, 0) is 4.74 Å². The van der Waals surface area contributed by atoms with Crippen molar-refractivity contribution in [2.75, 3.05) is 39.5 Å². The molecule has 0 saturated carbocycles. The Kier molecular flexibility index (Phi) is 9.23. The van der Waals surface area contributed by atoms with Gasteiger partial charge in [0.2, 0.25) is 0 Å². The van der Waals surface area contributed by atoms with Gasteiger partial charge in [-0.3, -0.25) is 4.90 Å². The Hall–Kier alpha value is -0.200. The van der Waals surface area contributed by atoms with Crippen LogP contribution in [0.15, 0.2) is 0 Å². The van der Waals surface area contributed by atoms with Gasteiger partial charge in [-0.1, -0.05) is 6.92 Å². The maximum Gasteiger partial charge on any atom is 0.134 e. The predicted octanol–water partition coefficient (Wildman–Crippen LogP) is -0.982. The van der Waals surface area contributed by atoms with Crippen molar-refractivity contribution < 1.29 is 20.1 Å². The van der Waals surface area contributed by atoms with Crippen LogP contribution in [0.5, 0.6) is 0 Å². The van der Waals surface area contributed by atoms with E-state index in [2.05, 4.69) is 0 Å². The van der Waals surface area contributed by atoms with E-state index in [4.69, 9.17) is 20.1 Å². The first-order valence-corrected chi connectivity index (χ1v) is 4.98. The first-order chi connectivity index (χ1) is 6.79. The molecular formula is C9H21NO4. The molecule has 0 saturated heterocycles. The second-order valence-electron chi connectivity index (χ2n) is 2.99. The van der Waals surface area contributed by atoms with Crippen LogP contribution in [0.2, 0.25) is 0 Å². The Balaban J connectivity index is 3.96. The van der Waals surface area contributed by atoms with Crippen LogP contribution in [-0.4, -0.2) is 66.0 Å². The molecule has 86 valence electrons. The van der Waals surface area contributed by atoms with Crippen LogP contribution in [0.4, 0.5) is 0 Å². The molecule has 0 aliphatic carbocycles. The highest BCUT2D eigenvalue weighted by Gasteiger charge is 2.16. The number of ether oxygens (including phenoxy) is 1. The van der Waals surface area contributed by atoms with Gasteiger partial charge in [-0.2, -0.15) is 0 Å². The molecule has 0 radical (unpaired) electrons. The van der Waals surface area contributed by atoms with Crippen molar-refractivity contribution in [1.29, 1.82) is 0 Å². The van der Waals surface area contributed by atoms with Gasteiger partial charge < -0.3 is 20.1 Å². The second-order valence-corrected chi connectivity index (χ2v) is 2.99. The van der Waals surface area contributed by atoms with Gasteiger partial charge in [0.25, 0.3) is 0 Å². The lowest BCUT2D eigenvalue weighted by molar-refractivity contribution is -0.0940. The summed E-state index contributed by atoms with van der Waals surface area (Å²) >= 11 is 0. The standard InChI is InChI=1S/C9H21NO4/c1-2-7-14-9(8-13)10(3-5-11)4-6-12/h9,11-13H,2-8H2,1H3. The molecule has 1 atom stereocenters. The Morgan fingerprint density at radius 2 is 1.71 bits per heavy atom. The minimum absolute atomic E-state index is 0.00795. The largest absolute Gasteiger partial charge is 0.395 e. The van der Waals surface area contributed by atoms with E-state index < -0.39 is 6.23 Å². The van der Waals surface area contributed by atoms with Crippen LogP contribution >= 0.6 is 0 Å². The minimum Gasteiger partial charge on any atom is -0.395 e. The first-order valence-electron chi connectivity index (χ1n) is 4.98. The van der Waals surface area contributed by atoms with E-state index in [0.29, 0.717) is 19.7 Å². The van der Waals surface area contributed by atoms with Gasteiger partial charge in [0, 0.05) is 19.7 Å². The molecule has 0 rings (SSSR count). The summed E-state index contributed by atoms with van der Waals surface area (Å²) in [7, 11) is 0. The fourth-order valence-corrected chi connectivity index (χ4v) is 1.18. The van der Waals surface area contributed by atoms with Crippen molar-refractivity contribution >= 4 is 0 Å². The molecule has 0 aromatic carbocycles. The van der Waals surface area contributed by atoms with Crippen molar-refractivity contribution in [1.82, 2.24) is 4.90 Å². The number of nitrogens with zero attached hydrogens (tertiary/aromatic N) is 1. The molecule has 1 unspecified atom stereocenters. The smallest absolute Gasteiger partial charge is 0.134 e. The van der Waals surface area contributed by atoms with Gasteiger partial charge in [0.15, 0.2) is 0 Å². The highest BCUT2D eigenvalue weighted by Crippen LogP contribution is 2.01. The van der Waals surface area contributed by atoms with Gasteiger partial charge >= 0.3 is 0 Å². The summed E-state index contributed by atoms with van der Waals surface area (Å²) in [6, 6.07) is 0. The molecule has 0 amide bonds. The monoisotopic (exact) mass is 207 g/mol. The van der Waals surface area contributed by atoms with E-state index >= 15 is 0 Å². The summed E-state index contributed by atoms with van der Waals surface area (Å²) < 4.78 is 5.36. The normalized spacial score (nSPS) is 13.5. The lowest BCUT2D eigenvalue weighted by Gasteiger charge is -2.28.